The second-order valence-corrected chi connectivity index (χ2v) is 6.24. The van der Waals surface area contributed by atoms with Crippen molar-refractivity contribution >= 4 is 22.2 Å². The molecule has 7 nitrogen and oxygen atoms in total. The molecule has 25 heavy (non-hydrogen) atoms. The summed E-state index contributed by atoms with van der Waals surface area (Å²) in [6.45, 7) is 8.76. The molecule has 0 unspecified atom stereocenters. The number of imidazole rings is 1. The van der Waals surface area contributed by atoms with E-state index in [0.29, 0.717) is 18.7 Å². The molecule has 0 bridgehead atoms. The lowest BCUT2D eigenvalue weighted by molar-refractivity contribution is 0.314. The third-order valence-corrected chi connectivity index (χ3v) is 4.23. The van der Waals surface area contributed by atoms with Gasteiger partial charge in [-0.25, -0.2) is 15.0 Å². The fraction of sp³-hybridized carbons (Fsp3) is 0.333. The molecule has 128 valence electrons. The minimum absolute atomic E-state index is 0.321. The third kappa shape index (κ3) is 2.52. The summed E-state index contributed by atoms with van der Waals surface area (Å²) in [7, 11) is 0. The smallest absolute Gasteiger partial charge is 0.318 e. The number of hydrogen-bond donors (Lipinski definition) is 1. The van der Waals surface area contributed by atoms with Gasteiger partial charge in [0.15, 0.2) is 5.65 Å². The van der Waals surface area contributed by atoms with Gasteiger partial charge < -0.3 is 14.3 Å². The lowest BCUT2D eigenvalue weighted by Crippen LogP contribution is -2.02. The van der Waals surface area contributed by atoms with E-state index >= 15 is 0 Å². The highest BCUT2D eigenvalue weighted by Gasteiger charge is 2.15. The van der Waals surface area contributed by atoms with Gasteiger partial charge in [-0.3, -0.25) is 0 Å². The van der Waals surface area contributed by atoms with Gasteiger partial charge in [-0.2, -0.15) is 4.98 Å². The van der Waals surface area contributed by atoms with E-state index in [1.807, 2.05) is 26.2 Å². The third-order valence-electron chi connectivity index (χ3n) is 4.23. The molecule has 0 aliphatic carbocycles. The molecule has 0 atom stereocenters. The molecule has 0 aliphatic heterocycles. The highest BCUT2D eigenvalue weighted by Crippen LogP contribution is 2.30. The molecule has 0 radical (unpaired) electrons. The van der Waals surface area contributed by atoms with Crippen LogP contribution in [-0.4, -0.2) is 36.1 Å². The maximum absolute atomic E-state index is 5.37. The summed E-state index contributed by atoms with van der Waals surface area (Å²) in [5.74, 6) is 0.971. The molecule has 0 saturated heterocycles. The molecule has 0 aromatic carbocycles. The number of hydrogen-bond acceptors (Lipinski definition) is 5. The van der Waals surface area contributed by atoms with Crippen LogP contribution in [0.25, 0.3) is 33.3 Å². The molecule has 0 amide bonds. The van der Waals surface area contributed by atoms with Crippen molar-refractivity contribution in [1.82, 2.24) is 29.5 Å². The number of nitrogens with zero attached hydrogens (tertiary/aromatic N) is 5. The topological polar surface area (TPSA) is 81.5 Å². The first-order valence-electron chi connectivity index (χ1n) is 8.40. The molecule has 0 aliphatic rings. The molecular weight excluding hydrogens is 316 g/mol. The van der Waals surface area contributed by atoms with Crippen molar-refractivity contribution in [2.45, 2.75) is 33.7 Å². The molecule has 0 spiro atoms. The number of aromatic nitrogens is 6. The van der Waals surface area contributed by atoms with Gasteiger partial charge in [0.25, 0.3) is 0 Å². The quantitative estimate of drug-likeness (QED) is 0.615. The second-order valence-electron chi connectivity index (χ2n) is 6.24. The molecule has 4 aromatic heterocycles. The first-order chi connectivity index (χ1) is 12.1. The molecular formula is C18H20N6O. The van der Waals surface area contributed by atoms with Gasteiger partial charge in [0.05, 0.1) is 12.1 Å². The monoisotopic (exact) mass is 336 g/mol. The number of pyridine rings is 1. The van der Waals surface area contributed by atoms with Crippen molar-refractivity contribution in [2.24, 2.45) is 0 Å². The summed E-state index contributed by atoms with van der Waals surface area (Å²) in [6.07, 6.45) is 5.56. The number of rotatable bonds is 4. The predicted octanol–water partition coefficient (Wildman–Crippen LogP) is 3.66. The summed E-state index contributed by atoms with van der Waals surface area (Å²) in [6, 6.07) is 2.83. The Morgan fingerprint density at radius 3 is 2.80 bits per heavy atom. The largest absolute Gasteiger partial charge is 0.464 e. The highest BCUT2D eigenvalue weighted by atomic mass is 16.5. The molecule has 0 fully saturated rings. The summed E-state index contributed by atoms with van der Waals surface area (Å²) in [5, 5.41) is 0.942. The van der Waals surface area contributed by atoms with Gasteiger partial charge in [-0.15, -0.1) is 0 Å². The average Bonchev–Trinajstić information content (AvgIpc) is 3.13. The van der Waals surface area contributed by atoms with Crippen molar-refractivity contribution in [3.05, 3.63) is 30.5 Å². The molecule has 7 heteroatoms. The van der Waals surface area contributed by atoms with Crippen LogP contribution in [0.15, 0.2) is 24.7 Å². The van der Waals surface area contributed by atoms with E-state index in [9.17, 15) is 0 Å². The predicted molar refractivity (Wildman–Crippen MR) is 96.7 cm³/mol. The number of aromatic amines is 1. The molecule has 1 N–H and O–H groups in total. The average molecular weight is 336 g/mol. The van der Waals surface area contributed by atoms with E-state index in [0.717, 1.165) is 39.1 Å². The standard InChI is InChI=1S/C18H20N6O/c1-5-25-18-21-9-14-13(8-20-16(14)23-18)12-6-15-17(19-7-12)22-11(4)24(15)10(2)3/h6-10H,5H2,1-4H3,(H,20,21,23). The summed E-state index contributed by atoms with van der Waals surface area (Å²) >= 11 is 0. The zero-order chi connectivity index (χ0) is 17.6. The Bertz CT molecular complexity index is 1060. The lowest BCUT2D eigenvalue weighted by atomic mass is 10.1. The first kappa shape index (κ1) is 15.6. The minimum atomic E-state index is 0.321. The summed E-state index contributed by atoms with van der Waals surface area (Å²) in [5.41, 5.74) is 4.58. The zero-order valence-corrected chi connectivity index (χ0v) is 14.7. The Kier molecular flexibility index (Phi) is 3.63. The van der Waals surface area contributed by atoms with Crippen molar-refractivity contribution in [1.29, 1.82) is 0 Å². The number of ether oxygens (including phenoxy) is 1. The fourth-order valence-corrected chi connectivity index (χ4v) is 3.22. The van der Waals surface area contributed by atoms with Crippen LogP contribution < -0.4 is 4.74 Å². The Hall–Kier alpha value is -2.96. The summed E-state index contributed by atoms with van der Waals surface area (Å²) < 4.78 is 7.56. The van der Waals surface area contributed by atoms with Crippen LogP contribution in [0.3, 0.4) is 0 Å². The van der Waals surface area contributed by atoms with Crippen molar-refractivity contribution in [2.75, 3.05) is 6.61 Å². The van der Waals surface area contributed by atoms with Gasteiger partial charge in [0.1, 0.15) is 11.5 Å². The SMILES string of the molecule is CCOc1ncc2c(-c3cnc4nc(C)n(C(C)C)c4c3)c[nH]c2n1. The Morgan fingerprint density at radius 2 is 2.04 bits per heavy atom. The van der Waals surface area contributed by atoms with Crippen LogP contribution >= 0.6 is 0 Å². The van der Waals surface area contributed by atoms with Crippen molar-refractivity contribution in [3.63, 3.8) is 0 Å². The highest BCUT2D eigenvalue weighted by molar-refractivity contribution is 5.94. The second kappa shape index (κ2) is 5.84. The number of nitrogens with one attached hydrogen (secondary N) is 1. The van der Waals surface area contributed by atoms with Gasteiger partial charge in [-0.1, -0.05) is 0 Å². The van der Waals surface area contributed by atoms with Crippen LogP contribution in [0, 0.1) is 6.92 Å². The molecule has 0 saturated carbocycles. The lowest BCUT2D eigenvalue weighted by Gasteiger charge is -2.10. The van der Waals surface area contributed by atoms with Crippen LogP contribution in [-0.2, 0) is 0 Å². The number of fused-ring (bicyclic) bond motifs is 2. The van der Waals surface area contributed by atoms with Crippen LogP contribution in [0.1, 0.15) is 32.6 Å². The maximum atomic E-state index is 5.37. The Labute approximate surface area is 145 Å². The maximum Gasteiger partial charge on any atom is 0.318 e. The van der Waals surface area contributed by atoms with Crippen LogP contribution in [0.5, 0.6) is 6.01 Å². The van der Waals surface area contributed by atoms with Gasteiger partial charge in [0, 0.05) is 41.1 Å². The van der Waals surface area contributed by atoms with E-state index in [2.05, 4.69) is 49.4 Å². The van der Waals surface area contributed by atoms with E-state index < -0.39 is 0 Å². The van der Waals surface area contributed by atoms with Crippen molar-refractivity contribution < 1.29 is 4.74 Å². The normalized spacial score (nSPS) is 11.7. The molecule has 4 rings (SSSR count). The minimum Gasteiger partial charge on any atom is -0.464 e. The zero-order valence-electron chi connectivity index (χ0n) is 14.7. The van der Waals surface area contributed by atoms with E-state index in [1.165, 1.54) is 0 Å². The fourth-order valence-electron chi connectivity index (χ4n) is 3.22. The first-order valence-corrected chi connectivity index (χ1v) is 8.40. The Morgan fingerprint density at radius 1 is 1.20 bits per heavy atom. The number of H-pyrrole nitrogens is 1. The van der Waals surface area contributed by atoms with E-state index in [1.54, 1.807) is 6.20 Å². The van der Waals surface area contributed by atoms with Crippen LogP contribution in [0.2, 0.25) is 0 Å². The number of aryl methyl sites for hydroxylation is 1. The van der Waals surface area contributed by atoms with E-state index in [4.69, 9.17) is 4.74 Å². The van der Waals surface area contributed by atoms with Gasteiger partial charge >= 0.3 is 6.01 Å². The summed E-state index contributed by atoms with van der Waals surface area (Å²) in [4.78, 5) is 21.0. The molecule has 4 aromatic rings. The van der Waals surface area contributed by atoms with E-state index in [-0.39, 0.29) is 0 Å². The Balaban J connectivity index is 1.87. The molecule has 4 heterocycles. The van der Waals surface area contributed by atoms with Gasteiger partial charge in [-0.05, 0) is 33.8 Å². The van der Waals surface area contributed by atoms with Gasteiger partial charge in [0.2, 0.25) is 0 Å². The van der Waals surface area contributed by atoms with Crippen LogP contribution in [0.4, 0.5) is 0 Å². The van der Waals surface area contributed by atoms with Crippen molar-refractivity contribution in [3.8, 4) is 17.1 Å².